The maximum atomic E-state index is 11.4. The molecule has 3 heteroatoms. The molecular weight excluding hydrogens is 214 g/mol. The molecule has 2 aromatic rings. The molecule has 1 radical (unpaired) electrons. The number of nitrogens with zero attached hydrogens (tertiary/aromatic N) is 1. The lowest BCUT2D eigenvalue weighted by molar-refractivity contribution is -0.128. The van der Waals surface area contributed by atoms with Crippen LogP contribution in [0.3, 0.4) is 0 Å². The van der Waals surface area contributed by atoms with E-state index < -0.39 is 5.97 Å². The number of benzene rings is 1. The number of ether oxygens (including phenoxy) is 1. The van der Waals surface area contributed by atoms with E-state index in [0.29, 0.717) is 5.75 Å². The van der Waals surface area contributed by atoms with Gasteiger partial charge < -0.3 is 4.74 Å². The molecule has 0 aliphatic rings. The summed E-state index contributed by atoms with van der Waals surface area (Å²) in [7, 11) is 0. The molecule has 0 N–H and O–H groups in total. The van der Waals surface area contributed by atoms with Crippen LogP contribution in [0.4, 0.5) is 0 Å². The average Bonchev–Trinajstić information content (AvgIpc) is 2.39. The summed E-state index contributed by atoms with van der Waals surface area (Å²) >= 11 is 0. The lowest BCUT2D eigenvalue weighted by Gasteiger charge is -1.99. The maximum absolute atomic E-state index is 11.4. The van der Waals surface area contributed by atoms with Crippen LogP contribution in [0.1, 0.15) is 5.56 Å². The standard InChI is InChI=1S/C14H10NO2/c16-14(17-13-6-2-1-3-7-13)9-8-12-5-4-10-15-11-12/h2-11H/b9-8+. The van der Waals surface area contributed by atoms with E-state index in [2.05, 4.69) is 11.1 Å². The van der Waals surface area contributed by atoms with Crippen LogP contribution in [0.5, 0.6) is 5.75 Å². The predicted octanol–water partition coefficient (Wildman–Crippen LogP) is 2.50. The van der Waals surface area contributed by atoms with Crippen molar-refractivity contribution in [2.75, 3.05) is 0 Å². The van der Waals surface area contributed by atoms with Gasteiger partial charge in [-0.3, -0.25) is 4.98 Å². The lowest BCUT2D eigenvalue weighted by Crippen LogP contribution is -2.03. The second-order valence-electron chi connectivity index (χ2n) is 3.28. The Hall–Kier alpha value is -2.42. The van der Waals surface area contributed by atoms with Gasteiger partial charge in [-0.2, -0.15) is 0 Å². The molecule has 0 saturated carbocycles. The van der Waals surface area contributed by atoms with Crippen molar-refractivity contribution in [3.05, 3.63) is 66.5 Å². The van der Waals surface area contributed by atoms with Gasteiger partial charge in [-0.25, -0.2) is 4.79 Å². The van der Waals surface area contributed by atoms with Crippen LogP contribution in [0.2, 0.25) is 0 Å². The van der Waals surface area contributed by atoms with Crippen LogP contribution in [-0.2, 0) is 4.79 Å². The van der Waals surface area contributed by atoms with Gasteiger partial charge in [0, 0.05) is 18.5 Å². The number of aromatic nitrogens is 1. The SMILES string of the molecule is O=C(/C=C/c1cccnc1)Oc1cc[c]cc1. The van der Waals surface area contributed by atoms with Gasteiger partial charge in [0.15, 0.2) is 0 Å². The topological polar surface area (TPSA) is 39.2 Å². The first-order valence-electron chi connectivity index (χ1n) is 5.10. The Balaban J connectivity index is 1.96. The second-order valence-corrected chi connectivity index (χ2v) is 3.28. The monoisotopic (exact) mass is 224 g/mol. The molecule has 0 unspecified atom stereocenters. The molecule has 17 heavy (non-hydrogen) atoms. The predicted molar refractivity (Wildman–Crippen MR) is 64.2 cm³/mol. The minimum atomic E-state index is -0.417. The highest BCUT2D eigenvalue weighted by molar-refractivity contribution is 5.88. The van der Waals surface area contributed by atoms with E-state index in [9.17, 15) is 4.79 Å². The Kier molecular flexibility index (Phi) is 3.65. The molecule has 0 atom stereocenters. The van der Waals surface area contributed by atoms with Gasteiger partial charge in [0.25, 0.3) is 0 Å². The largest absolute Gasteiger partial charge is 0.423 e. The van der Waals surface area contributed by atoms with Crippen LogP contribution in [-0.4, -0.2) is 11.0 Å². The Labute approximate surface area is 99.4 Å². The molecule has 0 spiro atoms. The Morgan fingerprint density at radius 3 is 2.82 bits per heavy atom. The average molecular weight is 224 g/mol. The number of pyridine rings is 1. The quantitative estimate of drug-likeness (QED) is 0.457. The summed E-state index contributed by atoms with van der Waals surface area (Å²) in [5.74, 6) is 0.0876. The summed E-state index contributed by atoms with van der Waals surface area (Å²) in [5, 5.41) is 0. The molecule has 83 valence electrons. The Morgan fingerprint density at radius 2 is 2.12 bits per heavy atom. The molecule has 0 bridgehead atoms. The van der Waals surface area contributed by atoms with Crippen LogP contribution in [0.25, 0.3) is 6.08 Å². The zero-order valence-electron chi connectivity index (χ0n) is 9.04. The fourth-order valence-electron chi connectivity index (χ4n) is 1.23. The first-order valence-corrected chi connectivity index (χ1v) is 5.10. The van der Waals surface area contributed by atoms with Crippen molar-refractivity contribution in [1.82, 2.24) is 4.98 Å². The summed E-state index contributed by atoms with van der Waals surface area (Å²) in [4.78, 5) is 15.4. The van der Waals surface area contributed by atoms with Crippen LogP contribution < -0.4 is 4.74 Å². The summed E-state index contributed by atoms with van der Waals surface area (Å²) in [6, 6.07) is 13.2. The fourth-order valence-corrected chi connectivity index (χ4v) is 1.23. The normalized spacial score (nSPS) is 10.4. The van der Waals surface area contributed by atoms with Gasteiger partial charge in [-0.05, 0) is 35.9 Å². The molecule has 1 aromatic carbocycles. The molecule has 0 amide bonds. The van der Waals surface area contributed by atoms with Gasteiger partial charge in [0.1, 0.15) is 5.75 Å². The molecule has 0 aliphatic carbocycles. The lowest BCUT2D eigenvalue weighted by atomic mass is 10.2. The van der Waals surface area contributed by atoms with E-state index in [1.807, 2.05) is 6.07 Å². The Morgan fingerprint density at radius 1 is 1.29 bits per heavy atom. The zero-order valence-corrected chi connectivity index (χ0v) is 9.04. The number of hydrogen-bond donors (Lipinski definition) is 0. The van der Waals surface area contributed by atoms with Crippen molar-refractivity contribution >= 4 is 12.0 Å². The van der Waals surface area contributed by atoms with Gasteiger partial charge >= 0.3 is 5.97 Å². The van der Waals surface area contributed by atoms with Crippen molar-refractivity contribution in [3.63, 3.8) is 0 Å². The summed E-state index contributed by atoms with van der Waals surface area (Å²) < 4.78 is 5.07. The molecular formula is C14H10NO2. The van der Waals surface area contributed by atoms with Crippen molar-refractivity contribution in [2.45, 2.75) is 0 Å². The summed E-state index contributed by atoms with van der Waals surface area (Å²) in [5.41, 5.74) is 0.853. The van der Waals surface area contributed by atoms with Crippen molar-refractivity contribution in [2.24, 2.45) is 0 Å². The van der Waals surface area contributed by atoms with Gasteiger partial charge in [-0.1, -0.05) is 18.2 Å². The smallest absolute Gasteiger partial charge is 0.336 e. The van der Waals surface area contributed by atoms with Gasteiger partial charge in [0.2, 0.25) is 0 Å². The van der Waals surface area contributed by atoms with Crippen molar-refractivity contribution < 1.29 is 9.53 Å². The maximum Gasteiger partial charge on any atom is 0.336 e. The third kappa shape index (κ3) is 3.57. The molecule has 1 heterocycles. The zero-order chi connectivity index (χ0) is 11.9. The summed E-state index contributed by atoms with van der Waals surface area (Å²) in [6.45, 7) is 0. The van der Waals surface area contributed by atoms with Crippen molar-refractivity contribution in [3.8, 4) is 5.75 Å². The molecule has 1 aromatic heterocycles. The molecule has 2 rings (SSSR count). The molecule has 0 saturated heterocycles. The molecule has 0 aliphatic heterocycles. The fraction of sp³-hybridized carbons (Fsp3) is 0. The van der Waals surface area contributed by atoms with E-state index in [4.69, 9.17) is 4.74 Å². The highest BCUT2D eigenvalue weighted by atomic mass is 16.5. The van der Waals surface area contributed by atoms with E-state index >= 15 is 0 Å². The highest BCUT2D eigenvalue weighted by Crippen LogP contribution is 2.08. The van der Waals surface area contributed by atoms with E-state index in [-0.39, 0.29) is 0 Å². The Bertz CT molecular complexity index is 506. The third-order valence-electron chi connectivity index (χ3n) is 2.00. The number of carbonyl (C=O) groups excluding carboxylic acids is 1. The van der Waals surface area contributed by atoms with Crippen molar-refractivity contribution in [1.29, 1.82) is 0 Å². The van der Waals surface area contributed by atoms with Gasteiger partial charge in [-0.15, -0.1) is 0 Å². The molecule has 0 fully saturated rings. The second kappa shape index (κ2) is 5.61. The van der Waals surface area contributed by atoms with Crippen LogP contribution in [0.15, 0.2) is 54.9 Å². The number of esters is 1. The van der Waals surface area contributed by atoms with E-state index in [0.717, 1.165) is 5.56 Å². The van der Waals surface area contributed by atoms with Gasteiger partial charge in [0.05, 0.1) is 0 Å². The van der Waals surface area contributed by atoms with E-state index in [1.165, 1.54) is 6.08 Å². The highest BCUT2D eigenvalue weighted by Gasteiger charge is 1.98. The minimum Gasteiger partial charge on any atom is -0.423 e. The van der Waals surface area contributed by atoms with E-state index in [1.54, 1.807) is 48.8 Å². The number of rotatable bonds is 3. The third-order valence-corrected chi connectivity index (χ3v) is 2.00. The number of carbonyl (C=O) groups is 1. The van der Waals surface area contributed by atoms with Crippen LogP contribution in [0, 0.1) is 6.07 Å². The minimum absolute atomic E-state index is 0.417. The summed E-state index contributed by atoms with van der Waals surface area (Å²) in [6.07, 6.45) is 6.37. The number of hydrogen-bond acceptors (Lipinski definition) is 3. The molecule has 3 nitrogen and oxygen atoms in total. The first-order chi connectivity index (χ1) is 8.34. The van der Waals surface area contributed by atoms with Crippen LogP contribution >= 0.6 is 0 Å². The first kappa shape index (κ1) is 11.1.